The normalized spacial score (nSPS) is 13.5. The van der Waals surface area contributed by atoms with Gasteiger partial charge >= 0.3 is 0 Å². The van der Waals surface area contributed by atoms with E-state index in [0.717, 1.165) is 36.8 Å². The van der Waals surface area contributed by atoms with Crippen LogP contribution < -0.4 is 11.1 Å². The van der Waals surface area contributed by atoms with Gasteiger partial charge < -0.3 is 11.1 Å². The Labute approximate surface area is 162 Å². The van der Waals surface area contributed by atoms with Gasteiger partial charge in [0.05, 0.1) is 12.1 Å². The molecule has 3 N–H and O–H groups in total. The summed E-state index contributed by atoms with van der Waals surface area (Å²) in [6, 6.07) is 7.55. The largest absolute Gasteiger partial charge is 0.365 e. The lowest BCUT2D eigenvalue weighted by Gasteiger charge is -2.16. The van der Waals surface area contributed by atoms with Gasteiger partial charge in [0.2, 0.25) is 5.91 Å². The molecule has 2 amide bonds. The molecule has 0 saturated heterocycles. The summed E-state index contributed by atoms with van der Waals surface area (Å²) in [6.45, 7) is 0.859. The molecule has 0 atom stereocenters. The highest BCUT2D eigenvalue weighted by molar-refractivity contribution is 7.17. The summed E-state index contributed by atoms with van der Waals surface area (Å²) in [6.07, 6.45) is 3.98. The summed E-state index contributed by atoms with van der Waals surface area (Å²) in [5.74, 6) is -0.614. The van der Waals surface area contributed by atoms with E-state index < -0.39 is 5.91 Å². The average Bonchev–Trinajstić information content (AvgIpc) is 2.94. The fourth-order valence-corrected chi connectivity index (χ4v) is 4.72. The third-order valence-electron chi connectivity index (χ3n) is 4.45. The lowest BCUT2D eigenvalue weighted by Crippen LogP contribution is -2.30. The number of amides is 2. The number of benzene rings is 1. The van der Waals surface area contributed by atoms with Crippen molar-refractivity contribution in [3.63, 3.8) is 0 Å². The second kappa shape index (κ2) is 8.20. The van der Waals surface area contributed by atoms with Crippen LogP contribution in [0.5, 0.6) is 0 Å². The van der Waals surface area contributed by atoms with Crippen molar-refractivity contribution >= 4 is 39.8 Å². The van der Waals surface area contributed by atoms with Gasteiger partial charge in [0.15, 0.2) is 0 Å². The van der Waals surface area contributed by atoms with Gasteiger partial charge in [0, 0.05) is 16.4 Å². The van der Waals surface area contributed by atoms with Gasteiger partial charge in [-0.1, -0.05) is 23.7 Å². The van der Waals surface area contributed by atoms with E-state index in [0.29, 0.717) is 22.1 Å². The number of nitrogens with two attached hydrogens (primary N) is 1. The Morgan fingerprint density at radius 2 is 1.92 bits per heavy atom. The molecule has 26 heavy (non-hydrogen) atoms. The molecule has 0 radical (unpaired) electrons. The molecule has 1 aromatic heterocycles. The summed E-state index contributed by atoms with van der Waals surface area (Å²) in [5, 5.41) is 4.17. The van der Waals surface area contributed by atoms with E-state index in [-0.39, 0.29) is 12.5 Å². The van der Waals surface area contributed by atoms with E-state index in [2.05, 4.69) is 5.32 Å². The number of carbonyl (C=O) groups excluding carboxylic acids is 2. The minimum absolute atomic E-state index is 0.150. The van der Waals surface area contributed by atoms with Gasteiger partial charge in [0.1, 0.15) is 5.00 Å². The molecule has 0 spiro atoms. The summed E-state index contributed by atoms with van der Waals surface area (Å²) in [5.41, 5.74) is 8.17. The van der Waals surface area contributed by atoms with Crippen LogP contribution >= 0.6 is 22.9 Å². The van der Waals surface area contributed by atoms with Crippen LogP contribution in [0.1, 0.15) is 39.2 Å². The molecule has 7 heteroatoms. The molecule has 2 aromatic rings. The fourth-order valence-electron chi connectivity index (χ4n) is 3.28. The van der Waals surface area contributed by atoms with Crippen molar-refractivity contribution < 1.29 is 9.59 Å². The number of nitrogens with one attached hydrogen (secondary N) is 1. The Morgan fingerprint density at radius 3 is 2.62 bits per heavy atom. The Kier molecular flexibility index (Phi) is 5.96. The minimum Gasteiger partial charge on any atom is -0.365 e. The first kappa shape index (κ1) is 18.9. The lowest BCUT2D eigenvalue weighted by atomic mass is 9.95. The maximum absolute atomic E-state index is 12.4. The number of aryl methyl sites for hydroxylation is 1. The first-order valence-electron chi connectivity index (χ1n) is 8.61. The highest BCUT2D eigenvalue weighted by Crippen LogP contribution is 2.37. The standard InChI is InChI=1S/C19H22ClN3O2S/c1-23(10-12-6-8-13(20)9-7-12)11-16(24)22-19-17(18(21)25)14-4-2-3-5-15(14)26-19/h6-9H,2-5,10-11H2,1H3,(H2,21,25)(H,22,24). The number of fused-ring (bicyclic) bond motifs is 1. The molecule has 0 unspecified atom stereocenters. The van der Waals surface area contributed by atoms with E-state index in [4.69, 9.17) is 17.3 Å². The third kappa shape index (κ3) is 4.44. The van der Waals surface area contributed by atoms with Crippen LogP contribution in [-0.4, -0.2) is 30.3 Å². The molecule has 0 saturated carbocycles. The smallest absolute Gasteiger partial charge is 0.251 e. The van der Waals surface area contributed by atoms with Gasteiger partial charge in [-0.15, -0.1) is 11.3 Å². The lowest BCUT2D eigenvalue weighted by molar-refractivity contribution is -0.117. The molecule has 1 heterocycles. The van der Waals surface area contributed by atoms with Crippen molar-refractivity contribution in [2.45, 2.75) is 32.2 Å². The van der Waals surface area contributed by atoms with Crippen LogP contribution in [0.4, 0.5) is 5.00 Å². The van der Waals surface area contributed by atoms with Crippen molar-refractivity contribution in [3.8, 4) is 0 Å². The van der Waals surface area contributed by atoms with Gasteiger partial charge in [-0.05, 0) is 56.0 Å². The first-order chi connectivity index (χ1) is 12.4. The third-order valence-corrected chi connectivity index (χ3v) is 5.91. The van der Waals surface area contributed by atoms with E-state index in [9.17, 15) is 9.59 Å². The highest BCUT2D eigenvalue weighted by Gasteiger charge is 2.25. The predicted octanol–water partition coefficient (Wildman–Crippen LogP) is 3.45. The second-order valence-corrected chi connectivity index (χ2v) is 8.17. The molecule has 1 aliphatic carbocycles. The van der Waals surface area contributed by atoms with Crippen molar-refractivity contribution in [2.24, 2.45) is 5.73 Å². The monoisotopic (exact) mass is 391 g/mol. The topological polar surface area (TPSA) is 75.4 Å². The minimum atomic E-state index is -0.464. The van der Waals surface area contributed by atoms with E-state index in [1.54, 1.807) is 0 Å². The van der Waals surface area contributed by atoms with E-state index in [1.165, 1.54) is 16.2 Å². The van der Waals surface area contributed by atoms with Crippen LogP contribution in [-0.2, 0) is 24.2 Å². The van der Waals surface area contributed by atoms with E-state index >= 15 is 0 Å². The van der Waals surface area contributed by atoms with E-state index in [1.807, 2.05) is 36.2 Å². The Hall–Kier alpha value is -1.89. The van der Waals surface area contributed by atoms with Crippen molar-refractivity contribution in [1.82, 2.24) is 4.90 Å². The summed E-state index contributed by atoms with van der Waals surface area (Å²) >= 11 is 7.38. The maximum atomic E-state index is 12.4. The van der Waals surface area contributed by atoms with Gasteiger partial charge in [-0.25, -0.2) is 0 Å². The molecule has 0 fully saturated rings. The van der Waals surface area contributed by atoms with Crippen LogP contribution in [0, 0.1) is 0 Å². The van der Waals surface area contributed by atoms with Crippen LogP contribution in [0.2, 0.25) is 5.02 Å². The van der Waals surface area contributed by atoms with Crippen LogP contribution in [0.25, 0.3) is 0 Å². The Bertz CT molecular complexity index is 817. The average molecular weight is 392 g/mol. The van der Waals surface area contributed by atoms with Crippen LogP contribution in [0.3, 0.4) is 0 Å². The van der Waals surface area contributed by atoms with Gasteiger partial charge in [-0.2, -0.15) is 0 Å². The zero-order valence-corrected chi connectivity index (χ0v) is 16.3. The molecular formula is C19H22ClN3O2S. The highest BCUT2D eigenvalue weighted by atomic mass is 35.5. The zero-order valence-electron chi connectivity index (χ0n) is 14.7. The summed E-state index contributed by atoms with van der Waals surface area (Å²) < 4.78 is 0. The molecule has 1 aromatic carbocycles. The van der Waals surface area contributed by atoms with Crippen molar-refractivity contribution in [2.75, 3.05) is 18.9 Å². The number of anilines is 1. The van der Waals surface area contributed by atoms with Gasteiger partial charge in [-0.3, -0.25) is 14.5 Å². The molecule has 0 bridgehead atoms. The van der Waals surface area contributed by atoms with Crippen LogP contribution in [0.15, 0.2) is 24.3 Å². The Morgan fingerprint density at radius 1 is 1.23 bits per heavy atom. The van der Waals surface area contributed by atoms with Gasteiger partial charge in [0.25, 0.3) is 5.91 Å². The second-order valence-electron chi connectivity index (χ2n) is 6.63. The number of rotatable bonds is 6. The number of thiophene rings is 1. The number of primary amides is 1. The predicted molar refractivity (Wildman–Crippen MR) is 106 cm³/mol. The SMILES string of the molecule is CN(CC(=O)Nc1sc2c(c1C(N)=O)CCCC2)Cc1ccc(Cl)cc1. The number of hydrogen-bond acceptors (Lipinski definition) is 4. The number of halogens is 1. The summed E-state index contributed by atoms with van der Waals surface area (Å²) in [4.78, 5) is 27.4. The molecule has 0 aliphatic heterocycles. The van der Waals surface area contributed by atoms with Crippen molar-refractivity contribution in [1.29, 1.82) is 0 Å². The number of carbonyl (C=O) groups is 2. The number of likely N-dealkylation sites (N-methyl/N-ethyl adjacent to an activating group) is 1. The zero-order chi connectivity index (χ0) is 18.7. The molecule has 5 nitrogen and oxygen atoms in total. The first-order valence-corrected chi connectivity index (χ1v) is 9.80. The van der Waals surface area contributed by atoms with Crippen molar-refractivity contribution in [3.05, 3.63) is 50.9 Å². The quantitative estimate of drug-likeness (QED) is 0.791. The summed E-state index contributed by atoms with van der Waals surface area (Å²) in [7, 11) is 1.88. The molecule has 3 rings (SSSR count). The number of nitrogens with zero attached hydrogens (tertiary/aromatic N) is 1. The number of hydrogen-bond donors (Lipinski definition) is 2. The fraction of sp³-hybridized carbons (Fsp3) is 0.368. The maximum Gasteiger partial charge on any atom is 0.251 e. The molecular weight excluding hydrogens is 370 g/mol. The molecule has 1 aliphatic rings. The molecule has 138 valence electrons. The Balaban J connectivity index is 1.65.